The number of likely N-dealkylation sites (tertiary alicyclic amines) is 1. The van der Waals surface area contributed by atoms with Crippen molar-refractivity contribution in [3.05, 3.63) is 81.1 Å². The molecular weight excluding hydrogens is 528 g/mol. The Morgan fingerprint density at radius 1 is 1.10 bits per heavy atom. The molecule has 1 saturated heterocycles. The summed E-state index contributed by atoms with van der Waals surface area (Å²) < 4.78 is 5.22. The number of fused-ring (bicyclic) bond motifs is 1. The van der Waals surface area contributed by atoms with Gasteiger partial charge in [-0.3, -0.25) is 19.6 Å². The molecule has 1 aromatic carbocycles. The van der Waals surface area contributed by atoms with E-state index in [1.165, 1.54) is 5.57 Å². The van der Waals surface area contributed by atoms with Gasteiger partial charge < -0.3 is 14.7 Å². The van der Waals surface area contributed by atoms with E-state index in [4.69, 9.17) is 16.1 Å². The molecule has 1 fully saturated rings. The molecule has 2 aliphatic heterocycles. The second kappa shape index (κ2) is 11.4. The van der Waals surface area contributed by atoms with Crippen LogP contribution in [0.25, 0.3) is 0 Å². The summed E-state index contributed by atoms with van der Waals surface area (Å²) in [5.74, 6) is 0.912. The summed E-state index contributed by atoms with van der Waals surface area (Å²) >= 11 is 6.41. The summed E-state index contributed by atoms with van der Waals surface area (Å²) in [7, 11) is 0. The summed E-state index contributed by atoms with van der Waals surface area (Å²) in [4.78, 5) is 36.9. The highest BCUT2D eigenvalue weighted by Gasteiger charge is 2.36. The van der Waals surface area contributed by atoms with Gasteiger partial charge in [0.25, 0.3) is 5.91 Å². The first-order valence-electron chi connectivity index (χ1n) is 13.6. The Morgan fingerprint density at radius 2 is 1.90 bits per heavy atom. The van der Waals surface area contributed by atoms with Crippen molar-refractivity contribution >= 4 is 34.9 Å². The van der Waals surface area contributed by atoms with Crippen molar-refractivity contribution in [3.8, 4) is 0 Å². The molecule has 0 bridgehead atoms. The maximum absolute atomic E-state index is 13.4. The molecule has 3 amide bonds. The lowest BCUT2D eigenvalue weighted by molar-refractivity contribution is 0.0818. The van der Waals surface area contributed by atoms with E-state index in [-0.39, 0.29) is 11.9 Å². The molecule has 10 heteroatoms. The molecule has 1 unspecified atom stereocenters. The van der Waals surface area contributed by atoms with Gasteiger partial charge in [-0.1, -0.05) is 22.8 Å². The minimum atomic E-state index is -0.259. The van der Waals surface area contributed by atoms with Crippen molar-refractivity contribution in [2.24, 2.45) is 5.92 Å². The quantitative estimate of drug-likeness (QED) is 0.399. The first kappa shape index (κ1) is 27.9. The van der Waals surface area contributed by atoms with Crippen LogP contribution in [0, 0.1) is 40.5 Å². The standard InChI is InChI=1S/C30H35ClN6O3/c1-18-7-8-25(13-26(18)31)37(30(39)33-28-21(4)34-40-22(28)5)12-6-11-35-14-23-16-36(17-24(23)15-35)29(38)27-19(2)9-10-32-20(27)3/h7-10,13,16,24H,6,11-12,14-15,17H2,1-5H3,(H,33,39). The van der Waals surface area contributed by atoms with Gasteiger partial charge in [-0.25, -0.2) is 4.79 Å². The number of aryl methyl sites for hydroxylation is 5. The lowest BCUT2D eigenvalue weighted by atomic mass is 10.1. The predicted molar refractivity (Wildman–Crippen MR) is 156 cm³/mol. The minimum absolute atomic E-state index is 0.0215. The number of carbonyl (C=O) groups excluding carboxylic acids is 2. The van der Waals surface area contributed by atoms with Crippen LogP contribution in [0.4, 0.5) is 16.2 Å². The van der Waals surface area contributed by atoms with Gasteiger partial charge in [-0.05, 0) is 75.9 Å². The van der Waals surface area contributed by atoms with Gasteiger partial charge in [-0.2, -0.15) is 0 Å². The van der Waals surface area contributed by atoms with Gasteiger partial charge in [-0.15, -0.1) is 0 Å². The molecule has 2 aromatic heterocycles. The van der Waals surface area contributed by atoms with E-state index in [1.807, 2.05) is 56.1 Å². The Bertz CT molecular complexity index is 1440. The smallest absolute Gasteiger partial charge is 0.326 e. The summed E-state index contributed by atoms with van der Waals surface area (Å²) in [5.41, 5.74) is 6.60. The third-order valence-corrected chi connectivity index (χ3v) is 8.21. The fraction of sp³-hybridized carbons (Fsp3) is 0.400. The molecule has 3 aromatic rings. The third-order valence-electron chi connectivity index (χ3n) is 7.81. The number of carbonyl (C=O) groups is 2. The molecule has 0 spiro atoms. The number of anilines is 2. The summed E-state index contributed by atoms with van der Waals surface area (Å²) in [6.07, 6.45) is 4.54. The number of amides is 3. The second-order valence-corrected chi connectivity index (χ2v) is 11.2. The topological polar surface area (TPSA) is 94.8 Å². The minimum Gasteiger partial charge on any atom is -0.359 e. The maximum atomic E-state index is 13.4. The van der Waals surface area contributed by atoms with E-state index < -0.39 is 0 Å². The highest BCUT2D eigenvalue weighted by atomic mass is 35.5. The number of nitrogens with zero attached hydrogens (tertiary/aromatic N) is 5. The Balaban J connectivity index is 1.22. The Labute approximate surface area is 239 Å². The molecule has 2 aliphatic rings. The van der Waals surface area contributed by atoms with Crippen LogP contribution < -0.4 is 10.2 Å². The van der Waals surface area contributed by atoms with Crippen molar-refractivity contribution in [1.82, 2.24) is 19.9 Å². The fourth-order valence-electron chi connectivity index (χ4n) is 5.55. The lowest BCUT2D eigenvalue weighted by Gasteiger charge is -2.25. The maximum Gasteiger partial charge on any atom is 0.326 e. The first-order chi connectivity index (χ1) is 19.1. The molecule has 4 heterocycles. The monoisotopic (exact) mass is 562 g/mol. The number of urea groups is 1. The van der Waals surface area contributed by atoms with E-state index in [2.05, 4.69) is 20.4 Å². The molecule has 9 nitrogen and oxygen atoms in total. The third kappa shape index (κ3) is 5.62. The fourth-order valence-corrected chi connectivity index (χ4v) is 5.73. The largest absolute Gasteiger partial charge is 0.359 e. The van der Waals surface area contributed by atoms with Gasteiger partial charge in [0, 0.05) is 61.7 Å². The number of nitrogens with one attached hydrogen (secondary N) is 1. The van der Waals surface area contributed by atoms with Crippen LogP contribution in [0.3, 0.4) is 0 Å². The van der Waals surface area contributed by atoms with Crippen molar-refractivity contribution in [2.45, 2.75) is 41.0 Å². The summed E-state index contributed by atoms with van der Waals surface area (Å²) in [5, 5.41) is 7.52. The van der Waals surface area contributed by atoms with E-state index in [9.17, 15) is 9.59 Å². The number of hydrogen-bond acceptors (Lipinski definition) is 6. The summed E-state index contributed by atoms with van der Waals surface area (Å²) in [6, 6.07) is 7.28. The van der Waals surface area contributed by atoms with Crippen LogP contribution in [0.2, 0.25) is 5.02 Å². The molecule has 5 rings (SSSR count). The average Bonchev–Trinajstić information content (AvgIpc) is 3.57. The van der Waals surface area contributed by atoms with Crippen LogP contribution in [0.15, 0.2) is 46.8 Å². The van der Waals surface area contributed by atoms with E-state index in [1.54, 1.807) is 24.9 Å². The number of rotatable bonds is 7. The Hall–Kier alpha value is -3.69. The predicted octanol–water partition coefficient (Wildman–Crippen LogP) is 5.67. The average molecular weight is 563 g/mol. The lowest BCUT2D eigenvalue weighted by Crippen LogP contribution is -2.37. The number of hydrogen-bond donors (Lipinski definition) is 1. The van der Waals surface area contributed by atoms with Crippen molar-refractivity contribution in [2.75, 3.05) is 42.9 Å². The normalized spacial score (nSPS) is 16.7. The van der Waals surface area contributed by atoms with Crippen LogP contribution >= 0.6 is 11.6 Å². The number of halogens is 1. The van der Waals surface area contributed by atoms with Gasteiger partial charge in [0.1, 0.15) is 11.4 Å². The SMILES string of the molecule is Cc1ccc(N(CCCN2CC3=CN(C(=O)c4c(C)ccnc4C)CC3C2)C(=O)Nc2c(C)noc2C)cc1Cl. The van der Waals surface area contributed by atoms with E-state index in [0.29, 0.717) is 46.7 Å². The summed E-state index contributed by atoms with van der Waals surface area (Å²) in [6.45, 7) is 13.1. The Kier molecular flexibility index (Phi) is 7.96. The number of pyridine rings is 1. The van der Waals surface area contributed by atoms with Crippen LogP contribution in [-0.4, -0.2) is 64.6 Å². The van der Waals surface area contributed by atoms with Gasteiger partial charge in [0.15, 0.2) is 5.76 Å². The molecule has 1 atom stereocenters. The zero-order chi connectivity index (χ0) is 28.6. The van der Waals surface area contributed by atoms with Gasteiger partial charge in [0.05, 0.1) is 11.3 Å². The molecule has 0 aliphatic carbocycles. The molecule has 1 N–H and O–H groups in total. The zero-order valence-electron chi connectivity index (χ0n) is 23.6. The van der Waals surface area contributed by atoms with E-state index in [0.717, 1.165) is 48.6 Å². The van der Waals surface area contributed by atoms with Crippen LogP contribution in [0.5, 0.6) is 0 Å². The van der Waals surface area contributed by atoms with Crippen molar-refractivity contribution < 1.29 is 14.1 Å². The highest BCUT2D eigenvalue weighted by Crippen LogP contribution is 2.31. The molecule has 0 radical (unpaired) electrons. The molecule has 210 valence electrons. The Morgan fingerprint density at radius 3 is 2.58 bits per heavy atom. The van der Waals surface area contributed by atoms with Crippen molar-refractivity contribution in [3.63, 3.8) is 0 Å². The van der Waals surface area contributed by atoms with Crippen LogP contribution in [-0.2, 0) is 0 Å². The molecular formula is C30H35ClN6O3. The highest BCUT2D eigenvalue weighted by molar-refractivity contribution is 6.31. The number of benzene rings is 1. The van der Waals surface area contributed by atoms with Crippen molar-refractivity contribution in [1.29, 1.82) is 0 Å². The van der Waals surface area contributed by atoms with Crippen LogP contribution in [0.1, 0.15) is 45.1 Å². The van der Waals surface area contributed by atoms with E-state index >= 15 is 0 Å². The van der Waals surface area contributed by atoms with Gasteiger partial charge in [0.2, 0.25) is 0 Å². The first-order valence-corrected chi connectivity index (χ1v) is 13.9. The molecule has 40 heavy (non-hydrogen) atoms. The van der Waals surface area contributed by atoms with Gasteiger partial charge >= 0.3 is 6.03 Å². The molecule has 0 saturated carbocycles. The number of aromatic nitrogens is 2. The second-order valence-electron chi connectivity index (χ2n) is 10.7. The zero-order valence-corrected chi connectivity index (χ0v) is 24.4.